The number of nitrogens with one attached hydrogen (secondary N) is 1. The first-order chi connectivity index (χ1) is 14.5. The molecule has 1 amide bonds. The molecule has 1 N–H and O–H groups in total. The number of sulfone groups is 1. The van der Waals surface area contributed by atoms with E-state index in [2.05, 4.69) is 5.32 Å². The molecule has 0 radical (unpaired) electrons. The molecule has 0 saturated carbocycles. The van der Waals surface area contributed by atoms with Gasteiger partial charge in [-0.1, -0.05) is 60.7 Å². The van der Waals surface area contributed by atoms with E-state index in [1.165, 1.54) is 0 Å². The van der Waals surface area contributed by atoms with Gasteiger partial charge < -0.3 is 10.2 Å². The minimum atomic E-state index is -3.21. The summed E-state index contributed by atoms with van der Waals surface area (Å²) in [6.07, 6.45) is 0.373. The molecular weight excluding hydrogens is 396 g/mol. The average Bonchev–Trinajstić information content (AvgIpc) is 2.77. The standard InChI is InChI=1S/C24H26N2O3S/c1-26(21-13-6-3-7-14-21)23-16-9-8-15-22(23)24(27)25-17-10-18-30(28,29)19-20-11-4-2-5-12-20/h2-9,11-16H,10,17-19H2,1H3,(H,25,27). The highest BCUT2D eigenvalue weighted by Crippen LogP contribution is 2.26. The first-order valence-electron chi connectivity index (χ1n) is 9.87. The number of hydrogen-bond donors (Lipinski definition) is 1. The van der Waals surface area contributed by atoms with Gasteiger partial charge in [-0.3, -0.25) is 4.79 Å². The Kier molecular flexibility index (Phi) is 7.25. The molecule has 0 spiro atoms. The third-order valence-corrected chi connectivity index (χ3v) is 6.48. The molecule has 0 bridgehead atoms. The molecule has 0 unspecified atom stereocenters. The number of anilines is 2. The maximum atomic E-state index is 12.7. The maximum Gasteiger partial charge on any atom is 0.253 e. The fraction of sp³-hybridized carbons (Fsp3) is 0.208. The van der Waals surface area contributed by atoms with Crippen molar-refractivity contribution in [3.8, 4) is 0 Å². The third-order valence-electron chi connectivity index (χ3n) is 4.80. The van der Waals surface area contributed by atoms with Crippen molar-refractivity contribution in [1.29, 1.82) is 0 Å². The van der Waals surface area contributed by atoms with E-state index in [0.717, 1.165) is 16.9 Å². The van der Waals surface area contributed by atoms with Gasteiger partial charge in [0, 0.05) is 19.3 Å². The Bertz CT molecular complexity index is 1070. The van der Waals surface area contributed by atoms with Crippen LogP contribution in [0.2, 0.25) is 0 Å². The highest BCUT2D eigenvalue weighted by atomic mass is 32.2. The van der Waals surface area contributed by atoms with E-state index in [1.54, 1.807) is 18.2 Å². The highest BCUT2D eigenvalue weighted by Gasteiger charge is 2.16. The summed E-state index contributed by atoms with van der Waals surface area (Å²) in [4.78, 5) is 14.7. The lowest BCUT2D eigenvalue weighted by Gasteiger charge is -2.22. The Morgan fingerprint density at radius 1 is 0.867 bits per heavy atom. The third kappa shape index (κ3) is 5.94. The molecule has 3 aromatic carbocycles. The van der Waals surface area contributed by atoms with Crippen molar-refractivity contribution >= 4 is 27.1 Å². The number of carbonyl (C=O) groups is 1. The smallest absolute Gasteiger partial charge is 0.253 e. The van der Waals surface area contributed by atoms with Gasteiger partial charge in [0.2, 0.25) is 0 Å². The number of amides is 1. The fourth-order valence-corrected chi connectivity index (χ4v) is 4.67. The minimum Gasteiger partial charge on any atom is -0.352 e. The lowest BCUT2D eigenvalue weighted by molar-refractivity contribution is 0.0954. The van der Waals surface area contributed by atoms with Crippen molar-refractivity contribution in [3.63, 3.8) is 0 Å². The molecule has 5 nitrogen and oxygen atoms in total. The van der Waals surface area contributed by atoms with Crippen molar-refractivity contribution in [3.05, 3.63) is 96.1 Å². The predicted octanol–water partition coefficient (Wildman–Crippen LogP) is 4.19. The molecule has 30 heavy (non-hydrogen) atoms. The van der Waals surface area contributed by atoms with E-state index in [9.17, 15) is 13.2 Å². The predicted molar refractivity (Wildman–Crippen MR) is 122 cm³/mol. The van der Waals surface area contributed by atoms with Gasteiger partial charge in [-0.25, -0.2) is 8.42 Å². The number of carbonyl (C=O) groups excluding carboxylic acids is 1. The molecule has 0 aliphatic rings. The first-order valence-corrected chi connectivity index (χ1v) is 11.7. The van der Waals surface area contributed by atoms with Crippen LogP contribution in [0.15, 0.2) is 84.9 Å². The van der Waals surface area contributed by atoms with Crippen LogP contribution in [0.5, 0.6) is 0 Å². The van der Waals surface area contributed by atoms with Crippen LogP contribution in [0, 0.1) is 0 Å². The van der Waals surface area contributed by atoms with Gasteiger partial charge in [0.25, 0.3) is 5.91 Å². The number of para-hydroxylation sites is 2. The molecule has 0 fully saturated rings. The van der Waals surface area contributed by atoms with E-state index in [1.807, 2.05) is 78.7 Å². The Hall–Kier alpha value is -3.12. The molecule has 3 rings (SSSR count). The largest absolute Gasteiger partial charge is 0.352 e. The van der Waals surface area contributed by atoms with Gasteiger partial charge in [-0.2, -0.15) is 0 Å². The molecule has 0 aliphatic heterocycles. The maximum absolute atomic E-state index is 12.7. The fourth-order valence-electron chi connectivity index (χ4n) is 3.24. The average molecular weight is 423 g/mol. The quantitative estimate of drug-likeness (QED) is 0.525. The molecule has 6 heteroatoms. The summed E-state index contributed by atoms with van der Waals surface area (Å²) in [6, 6.07) is 26.3. The van der Waals surface area contributed by atoms with Gasteiger partial charge in [-0.05, 0) is 36.2 Å². The Morgan fingerprint density at radius 3 is 2.17 bits per heavy atom. The van der Waals surface area contributed by atoms with E-state index in [0.29, 0.717) is 18.5 Å². The molecule has 3 aromatic rings. The number of benzene rings is 3. The van der Waals surface area contributed by atoms with Gasteiger partial charge >= 0.3 is 0 Å². The monoisotopic (exact) mass is 422 g/mol. The first kappa shape index (κ1) is 21.6. The zero-order valence-corrected chi connectivity index (χ0v) is 17.8. The molecule has 0 heterocycles. The summed E-state index contributed by atoms with van der Waals surface area (Å²) in [5, 5.41) is 2.85. The summed E-state index contributed by atoms with van der Waals surface area (Å²) < 4.78 is 24.6. The van der Waals surface area contributed by atoms with Gasteiger partial charge in [0.05, 0.1) is 22.8 Å². The lowest BCUT2D eigenvalue weighted by atomic mass is 10.1. The van der Waals surface area contributed by atoms with Crippen molar-refractivity contribution < 1.29 is 13.2 Å². The van der Waals surface area contributed by atoms with Crippen molar-refractivity contribution in [2.24, 2.45) is 0 Å². The summed E-state index contributed by atoms with van der Waals surface area (Å²) >= 11 is 0. The zero-order chi connectivity index (χ0) is 21.4. The van der Waals surface area contributed by atoms with Crippen LogP contribution in [0.25, 0.3) is 0 Å². The molecule has 0 saturated heterocycles. The SMILES string of the molecule is CN(c1ccccc1)c1ccccc1C(=O)NCCCS(=O)(=O)Cc1ccccc1. The summed E-state index contributed by atoms with van der Waals surface area (Å²) in [6.45, 7) is 0.302. The highest BCUT2D eigenvalue weighted by molar-refractivity contribution is 7.90. The molecule has 0 aromatic heterocycles. The van der Waals surface area contributed by atoms with E-state index in [-0.39, 0.29) is 17.4 Å². The second kappa shape index (κ2) is 10.1. The van der Waals surface area contributed by atoms with Crippen LogP contribution >= 0.6 is 0 Å². The van der Waals surface area contributed by atoms with E-state index >= 15 is 0 Å². The molecule has 156 valence electrons. The molecule has 0 atom stereocenters. The second-order valence-electron chi connectivity index (χ2n) is 7.10. The van der Waals surface area contributed by atoms with Crippen LogP contribution in [-0.4, -0.2) is 33.7 Å². The van der Waals surface area contributed by atoms with Crippen molar-refractivity contribution in [1.82, 2.24) is 5.32 Å². The van der Waals surface area contributed by atoms with Crippen LogP contribution in [-0.2, 0) is 15.6 Å². The Morgan fingerprint density at radius 2 is 1.47 bits per heavy atom. The Labute approximate surface area is 178 Å². The summed E-state index contributed by atoms with van der Waals surface area (Å²) in [5.74, 6) is -0.158. The number of hydrogen-bond acceptors (Lipinski definition) is 4. The van der Waals surface area contributed by atoms with E-state index in [4.69, 9.17) is 0 Å². The van der Waals surface area contributed by atoms with Crippen LogP contribution in [0.3, 0.4) is 0 Å². The van der Waals surface area contributed by atoms with Crippen molar-refractivity contribution in [2.45, 2.75) is 12.2 Å². The number of nitrogens with zero attached hydrogens (tertiary/aromatic N) is 1. The van der Waals surface area contributed by atoms with Crippen LogP contribution in [0.4, 0.5) is 11.4 Å². The molecule has 0 aliphatic carbocycles. The van der Waals surface area contributed by atoms with Gasteiger partial charge in [0.1, 0.15) is 0 Å². The topological polar surface area (TPSA) is 66.5 Å². The van der Waals surface area contributed by atoms with Gasteiger partial charge in [0.15, 0.2) is 9.84 Å². The number of rotatable bonds is 9. The Balaban J connectivity index is 1.57. The normalized spacial score (nSPS) is 11.1. The van der Waals surface area contributed by atoms with Gasteiger partial charge in [-0.15, -0.1) is 0 Å². The summed E-state index contributed by atoms with van der Waals surface area (Å²) in [5.41, 5.74) is 3.10. The lowest BCUT2D eigenvalue weighted by Crippen LogP contribution is -2.27. The van der Waals surface area contributed by atoms with Crippen LogP contribution < -0.4 is 10.2 Å². The van der Waals surface area contributed by atoms with Crippen molar-refractivity contribution in [2.75, 3.05) is 24.2 Å². The summed E-state index contributed by atoms with van der Waals surface area (Å²) in [7, 11) is -1.30. The molecular formula is C24H26N2O3S. The minimum absolute atomic E-state index is 0.0203. The zero-order valence-electron chi connectivity index (χ0n) is 17.0. The second-order valence-corrected chi connectivity index (χ2v) is 9.28. The van der Waals surface area contributed by atoms with E-state index < -0.39 is 9.84 Å². The van der Waals surface area contributed by atoms with Crippen LogP contribution in [0.1, 0.15) is 22.3 Å².